The fourth-order valence-electron chi connectivity index (χ4n) is 5.22. The molecule has 0 unspecified atom stereocenters. The summed E-state index contributed by atoms with van der Waals surface area (Å²) in [6.07, 6.45) is 8.19. The summed E-state index contributed by atoms with van der Waals surface area (Å²) < 4.78 is 14.1. The Hall–Kier alpha value is -4.02. The number of carbonyl (C=O) groups is 1. The van der Waals surface area contributed by atoms with Crippen molar-refractivity contribution in [2.45, 2.75) is 51.3 Å². The first kappa shape index (κ1) is 25.3. The van der Waals surface area contributed by atoms with Crippen LogP contribution in [0.1, 0.15) is 42.2 Å². The number of carbonyl (C=O) groups excluding carboxylic acids is 1. The van der Waals surface area contributed by atoms with E-state index in [2.05, 4.69) is 43.1 Å². The second kappa shape index (κ2) is 11.0. The van der Waals surface area contributed by atoms with Crippen LogP contribution in [0.15, 0.2) is 55.0 Å². The van der Waals surface area contributed by atoms with E-state index in [1.54, 1.807) is 18.3 Å². The summed E-state index contributed by atoms with van der Waals surface area (Å²) in [4.78, 5) is 21.0. The van der Waals surface area contributed by atoms with E-state index in [1.165, 1.54) is 0 Å². The number of aromatic nitrogens is 4. The SMILES string of the molecule is CCCNC(=O)c1ccc(Nc2cc3cc(-c4cc(C)ncc4O[C@H]4C[C@H]5COC[C@@H](C4)N5)ccn3n2)nc1. The van der Waals surface area contributed by atoms with Crippen molar-refractivity contribution >= 4 is 23.1 Å². The highest BCUT2D eigenvalue weighted by atomic mass is 16.5. The fraction of sp³-hybridized carbons (Fsp3) is 0.379. The largest absolute Gasteiger partial charge is 0.488 e. The monoisotopic (exact) mass is 527 g/mol. The van der Waals surface area contributed by atoms with Crippen LogP contribution in [0.25, 0.3) is 16.6 Å². The van der Waals surface area contributed by atoms with Crippen LogP contribution in [0.2, 0.25) is 0 Å². The highest BCUT2D eigenvalue weighted by Crippen LogP contribution is 2.34. The van der Waals surface area contributed by atoms with E-state index in [1.807, 2.05) is 42.9 Å². The van der Waals surface area contributed by atoms with Crippen LogP contribution in [0.5, 0.6) is 5.75 Å². The predicted octanol–water partition coefficient (Wildman–Crippen LogP) is 3.88. The van der Waals surface area contributed by atoms with Gasteiger partial charge in [-0.15, -0.1) is 0 Å². The molecule has 10 nitrogen and oxygen atoms in total. The Morgan fingerprint density at radius 1 is 1.10 bits per heavy atom. The van der Waals surface area contributed by atoms with Crippen molar-refractivity contribution in [3.8, 4) is 16.9 Å². The Balaban J connectivity index is 1.20. The topological polar surface area (TPSA) is 115 Å². The molecule has 4 aromatic heterocycles. The maximum Gasteiger partial charge on any atom is 0.252 e. The number of hydrogen-bond acceptors (Lipinski definition) is 8. The maximum atomic E-state index is 12.1. The third-order valence-electron chi connectivity index (χ3n) is 7.09. The van der Waals surface area contributed by atoms with Crippen LogP contribution in [0.4, 0.5) is 11.6 Å². The molecule has 10 heteroatoms. The van der Waals surface area contributed by atoms with Gasteiger partial charge >= 0.3 is 0 Å². The molecule has 6 heterocycles. The zero-order valence-electron chi connectivity index (χ0n) is 22.2. The van der Waals surface area contributed by atoms with Gasteiger partial charge < -0.3 is 25.4 Å². The standard InChI is InChI=1S/C29H33N7O3/c1-3-7-30-29(37)20-4-5-27(32-14-20)34-28-13-23-10-19(6-8-36(23)35-28)25-9-18(2)31-15-26(25)39-24-11-21-16-38-17-22(12-24)33-21/h4-6,8-10,13-15,21-22,24,33H,3,7,11-12,16-17H2,1-2H3,(H,30,37)(H,32,34,35)/t21-,22+,24-. The molecule has 2 aliphatic heterocycles. The minimum atomic E-state index is -0.122. The third-order valence-corrected chi connectivity index (χ3v) is 7.09. The molecule has 6 rings (SSSR count). The zero-order valence-corrected chi connectivity index (χ0v) is 22.2. The van der Waals surface area contributed by atoms with Crippen LogP contribution >= 0.6 is 0 Å². The van der Waals surface area contributed by atoms with Crippen molar-refractivity contribution in [2.24, 2.45) is 0 Å². The van der Waals surface area contributed by atoms with Crippen molar-refractivity contribution < 1.29 is 14.3 Å². The first-order valence-electron chi connectivity index (χ1n) is 13.5. The number of anilines is 2. The first-order valence-corrected chi connectivity index (χ1v) is 13.5. The number of pyridine rings is 3. The van der Waals surface area contributed by atoms with Gasteiger partial charge in [0.25, 0.3) is 5.91 Å². The van der Waals surface area contributed by atoms with Crippen LogP contribution in [-0.4, -0.2) is 63.4 Å². The number of nitrogens with zero attached hydrogens (tertiary/aromatic N) is 4. The second-order valence-corrected chi connectivity index (χ2v) is 10.3. The van der Waals surface area contributed by atoms with E-state index in [0.29, 0.717) is 35.8 Å². The molecule has 2 saturated heterocycles. The fourth-order valence-corrected chi connectivity index (χ4v) is 5.22. The molecule has 0 radical (unpaired) electrons. The van der Waals surface area contributed by atoms with Gasteiger partial charge in [0.2, 0.25) is 0 Å². The van der Waals surface area contributed by atoms with Crippen molar-refractivity contribution in [3.05, 3.63) is 66.2 Å². The number of aryl methyl sites for hydroxylation is 1. The van der Waals surface area contributed by atoms with E-state index in [4.69, 9.17) is 9.47 Å². The van der Waals surface area contributed by atoms with Gasteiger partial charge in [0.1, 0.15) is 17.7 Å². The number of nitrogens with one attached hydrogen (secondary N) is 3. The van der Waals surface area contributed by atoms with Crippen molar-refractivity contribution in [1.82, 2.24) is 30.2 Å². The maximum absolute atomic E-state index is 12.1. The molecule has 2 aliphatic rings. The van der Waals surface area contributed by atoms with Crippen LogP contribution in [-0.2, 0) is 4.74 Å². The third kappa shape index (κ3) is 5.71. The Labute approximate surface area is 227 Å². The summed E-state index contributed by atoms with van der Waals surface area (Å²) in [5, 5.41) is 14.3. The number of ether oxygens (including phenoxy) is 2. The molecule has 0 aliphatic carbocycles. The summed E-state index contributed by atoms with van der Waals surface area (Å²) in [6.45, 7) is 6.12. The summed E-state index contributed by atoms with van der Waals surface area (Å²) >= 11 is 0. The van der Waals surface area contributed by atoms with E-state index in [9.17, 15) is 4.79 Å². The van der Waals surface area contributed by atoms with Crippen LogP contribution in [0.3, 0.4) is 0 Å². The predicted molar refractivity (Wildman–Crippen MR) is 148 cm³/mol. The summed E-state index contributed by atoms with van der Waals surface area (Å²) in [7, 11) is 0. The molecular weight excluding hydrogens is 494 g/mol. The highest BCUT2D eigenvalue weighted by Gasteiger charge is 2.33. The quantitative estimate of drug-likeness (QED) is 0.316. The summed E-state index contributed by atoms with van der Waals surface area (Å²) in [5.74, 6) is 1.95. The molecule has 1 amide bonds. The van der Waals surface area contributed by atoms with Crippen LogP contribution in [0, 0.1) is 6.92 Å². The highest BCUT2D eigenvalue weighted by molar-refractivity contribution is 5.94. The molecule has 0 spiro atoms. The van der Waals surface area contributed by atoms with Gasteiger partial charge in [0.15, 0.2) is 5.82 Å². The summed E-state index contributed by atoms with van der Waals surface area (Å²) in [5.41, 5.74) is 4.44. The minimum Gasteiger partial charge on any atom is -0.488 e. The second-order valence-electron chi connectivity index (χ2n) is 10.3. The normalized spacial score (nSPS) is 20.5. The number of morpholine rings is 1. The van der Waals surface area contributed by atoms with Gasteiger partial charge in [-0.05, 0) is 49.2 Å². The molecule has 3 atom stereocenters. The molecule has 2 fully saturated rings. The van der Waals surface area contributed by atoms with E-state index in [0.717, 1.165) is 60.6 Å². The lowest BCUT2D eigenvalue weighted by Crippen LogP contribution is -2.56. The molecular formula is C29H33N7O3. The molecule has 2 bridgehead atoms. The number of fused-ring (bicyclic) bond motifs is 3. The van der Waals surface area contributed by atoms with Gasteiger partial charge in [0, 0.05) is 61.2 Å². The molecule has 0 saturated carbocycles. The molecule has 4 aromatic rings. The van der Waals surface area contributed by atoms with Gasteiger partial charge in [-0.2, -0.15) is 5.10 Å². The lowest BCUT2D eigenvalue weighted by atomic mass is 9.94. The number of rotatable bonds is 8. The van der Waals surface area contributed by atoms with E-state index in [-0.39, 0.29) is 12.0 Å². The minimum absolute atomic E-state index is 0.122. The summed E-state index contributed by atoms with van der Waals surface area (Å²) in [6, 6.07) is 12.4. The number of amides is 1. The smallest absolute Gasteiger partial charge is 0.252 e. The Morgan fingerprint density at radius 2 is 1.95 bits per heavy atom. The van der Waals surface area contributed by atoms with Gasteiger partial charge in [-0.1, -0.05) is 6.92 Å². The molecule has 0 aromatic carbocycles. The lowest BCUT2D eigenvalue weighted by molar-refractivity contribution is -0.0122. The molecule has 3 N–H and O–H groups in total. The van der Waals surface area contributed by atoms with Gasteiger partial charge in [-0.25, -0.2) is 9.50 Å². The average Bonchev–Trinajstić information content (AvgIpc) is 3.34. The van der Waals surface area contributed by atoms with Crippen molar-refractivity contribution in [3.63, 3.8) is 0 Å². The Kier molecular flexibility index (Phi) is 7.12. The van der Waals surface area contributed by atoms with Crippen molar-refractivity contribution in [2.75, 3.05) is 25.1 Å². The van der Waals surface area contributed by atoms with Gasteiger partial charge in [0.05, 0.1) is 30.5 Å². The van der Waals surface area contributed by atoms with Crippen molar-refractivity contribution in [1.29, 1.82) is 0 Å². The lowest BCUT2D eigenvalue weighted by Gasteiger charge is -2.40. The Morgan fingerprint density at radius 3 is 2.72 bits per heavy atom. The van der Waals surface area contributed by atoms with Gasteiger partial charge in [-0.3, -0.25) is 9.78 Å². The number of piperidine rings is 1. The average molecular weight is 528 g/mol. The van der Waals surface area contributed by atoms with E-state index < -0.39 is 0 Å². The van der Waals surface area contributed by atoms with E-state index >= 15 is 0 Å². The first-order chi connectivity index (χ1) is 19.0. The molecule has 39 heavy (non-hydrogen) atoms. The molecule has 202 valence electrons. The van der Waals surface area contributed by atoms with Crippen LogP contribution < -0.4 is 20.7 Å². The number of hydrogen-bond donors (Lipinski definition) is 3. The zero-order chi connectivity index (χ0) is 26.8. The Bertz CT molecular complexity index is 1460.